The van der Waals surface area contributed by atoms with Crippen LogP contribution >= 0.6 is 0 Å². The normalized spacial score (nSPS) is 13.5. The van der Waals surface area contributed by atoms with Crippen LogP contribution in [-0.2, 0) is 4.79 Å². The number of hydrogen-bond donors (Lipinski definition) is 4. The van der Waals surface area contributed by atoms with Gasteiger partial charge in [-0.05, 0) is 64.2 Å². The van der Waals surface area contributed by atoms with Crippen LogP contribution < -0.4 is 5.32 Å². The fourth-order valence-corrected chi connectivity index (χ4v) is 8.75. The minimum atomic E-state index is -1.16. The van der Waals surface area contributed by atoms with E-state index in [1.165, 1.54) is 238 Å². The molecule has 5 nitrogen and oxygen atoms in total. The van der Waals surface area contributed by atoms with Gasteiger partial charge in [-0.15, -0.1) is 0 Å². The summed E-state index contributed by atoms with van der Waals surface area (Å²) >= 11 is 0. The van der Waals surface area contributed by atoms with Gasteiger partial charge in [0.1, 0.15) is 6.10 Å². The van der Waals surface area contributed by atoms with E-state index in [0.29, 0.717) is 12.8 Å². The highest BCUT2D eigenvalue weighted by Crippen LogP contribution is 2.17. The molecule has 0 bridgehead atoms. The van der Waals surface area contributed by atoms with Gasteiger partial charge in [-0.1, -0.05) is 256 Å². The molecule has 0 aliphatic carbocycles. The van der Waals surface area contributed by atoms with Crippen LogP contribution in [0.2, 0.25) is 0 Å². The lowest BCUT2D eigenvalue weighted by Gasteiger charge is -2.26. The lowest BCUT2D eigenvalue weighted by atomic mass is 10.0. The van der Waals surface area contributed by atoms with Crippen LogP contribution in [0.3, 0.4) is 0 Å². The molecule has 0 aromatic carbocycles. The van der Waals surface area contributed by atoms with Crippen molar-refractivity contribution < 1.29 is 20.1 Å². The number of aliphatic hydroxyl groups is 3. The second-order valence-corrected chi connectivity index (χ2v) is 19.1. The third-order valence-electron chi connectivity index (χ3n) is 13.0. The van der Waals surface area contributed by atoms with E-state index in [2.05, 4.69) is 43.5 Å². The SMILES string of the molecule is CCCCCCCCCCC/C=C/CCCC(O)C(O)C(CO)NC(=O)CCCCCCCCCCCCCCCCCCC/C=C\CCCCCCCCCCCCCC. The van der Waals surface area contributed by atoms with E-state index in [4.69, 9.17) is 0 Å². The maximum absolute atomic E-state index is 12.5. The van der Waals surface area contributed by atoms with Gasteiger partial charge in [0, 0.05) is 6.42 Å². The number of unbranched alkanes of at least 4 members (excludes halogenated alkanes) is 39. The van der Waals surface area contributed by atoms with Gasteiger partial charge in [-0.2, -0.15) is 0 Å². The Kier molecular flexibility index (Phi) is 50.5. The van der Waals surface area contributed by atoms with Crippen molar-refractivity contribution in [1.29, 1.82) is 0 Å². The quantitative estimate of drug-likeness (QED) is 0.0362. The molecule has 4 N–H and O–H groups in total. The molecule has 0 aliphatic rings. The minimum absolute atomic E-state index is 0.150. The molecular weight excluding hydrogens is 751 g/mol. The molecule has 0 fully saturated rings. The molecule has 5 heteroatoms. The summed E-state index contributed by atoms with van der Waals surface area (Å²) in [5, 5.41) is 33.6. The highest BCUT2D eigenvalue weighted by molar-refractivity contribution is 5.76. The first kappa shape index (κ1) is 59.8. The molecule has 0 spiro atoms. The number of nitrogens with one attached hydrogen (secondary N) is 1. The van der Waals surface area contributed by atoms with Crippen molar-refractivity contribution in [2.75, 3.05) is 6.61 Å². The fraction of sp³-hybridized carbons (Fsp3) is 0.911. The smallest absolute Gasteiger partial charge is 0.220 e. The molecule has 0 aliphatic heterocycles. The largest absolute Gasteiger partial charge is 0.394 e. The van der Waals surface area contributed by atoms with Crippen molar-refractivity contribution in [2.24, 2.45) is 0 Å². The number of carbonyl (C=O) groups excluding carboxylic acids is 1. The van der Waals surface area contributed by atoms with E-state index in [-0.39, 0.29) is 12.5 Å². The third-order valence-corrected chi connectivity index (χ3v) is 13.0. The predicted molar refractivity (Wildman–Crippen MR) is 268 cm³/mol. The van der Waals surface area contributed by atoms with Crippen LogP contribution in [0.5, 0.6) is 0 Å². The number of hydrogen-bond acceptors (Lipinski definition) is 4. The Bertz CT molecular complexity index is 905. The number of carbonyl (C=O) groups is 1. The molecule has 0 saturated heterocycles. The summed E-state index contributed by atoms with van der Waals surface area (Å²) in [4.78, 5) is 12.5. The average Bonchev–Trinajstić information content (AvgIpc) is 3.26. The average molecular weight is 860 g/mol. The highest BCUT2D eigenvalue weighted by atomic mass is 16.3. The van der Waals surface area contributed by atoms with Crippen molar-refractivity contribution in [1.82, 2.24) is 5.32 Å². The first-order valence-corrected chi connectivity index (χ1v) is 27.6. The Hall–Kier alpha value is -1.17. The molecule has 0 radical (unpaired) electrons. The van der Waals surface area contributed by atoms with Gasteiger partial charge in [0.15, 0.2) is 0 Å². The number of amides is 1. The number of aliphatic hydroxyl groups excluding tert-OH is 3. The van der Waals surface area contributed by atoms with Crippen molar-refractivity contribution >= 4 is 5.91 Å². The second kappa shape index (κ2) is 51.5. The van der Waals surface area contributed by atoms with E-state index in [0.717, 1.165) is 38.5 Å². The standard InChI is InChI=1S/C56H109NO4/c1-3-5-7-9-11-13-15-17-19-20-21-22-23-24-25-26-27-28-29-30-31-32-33-34-35-36-37-39-41-43-45-47-49-51-55(60)57-53(52-58)56(61)54(59)50-48-46-44-42-40-38-18-16-14-12-10-8-6-4-2/h24-25,42,44,53-54,56,58-59,61H,3-23,26-41,43,45-52H2,1-2H3,(H,57,60)/b25-24-,44-42+. The molecule has 0 aromatic heterocycles. The van der Waals surface area contributed by atoms with Crippen molar-refractivity contribution in [3.05, 3.63) is 24.3 Å². The van der Waals surface area contributed by atoms with Gasteiger partial charge >= 0.3 is 0 Å². The summed E-state index contributed by atoms with van der Waals surface area (Å²) in [6.45, 7) is 4.19. The topological polar surface area (TPSA) is 89.8 Å². The number of rotatable bonds is 51. The minimum Gasteiger partial charge on any atom is -0.394 e. The van der Waals surface area contributed by atoms with E-state index in [1.54, 1.807) is 0 Å². The number of allylic oxidation sites excluding steroid dienone is 4. The van der Waals surface area contributed by atoms with Crippen LogP contribution in [0, 0.1) is 0 Å². The predicted octanol–water partition coefficient (Wildman–Crippen LogP) is 16.9. The van der Waals surface area contributed by atoms with Crippen molar-refractivity contribution in [3.8, 4) is 0 Å². The van der Waals surface area contributed by atoms with E-state index >= 15 is 0 Å². The lowest BCUT2D eigenvalue weighted by molar-refractivity contribution is -0.124. The summed E-state index contributed by atoms with van der Waals surface area (Å²) in [5.41, 5.74) is 0. The molecule has 3 unspecified atom stereocenters. The van der Waals surface area contributed by atoms with Crippen LogP contribution in [0.4, 0.5) is 0 Å². The van der Waals surface area contributed by atoms with Gasteiger partial charge < -0.3 is 20.6 Å². The molecule has 0 heterocycles. The zero-order valence-electron chi connectivity index (χ0n) is 41.3. The molecule has 0 saturated carbocycles. The molecular formula is C56H109NO4. The summed E-state index contributed by atoms with van der Waals surface area (Å²) in [6, 6.07) is -0.823. The zero-order chi connectivity index (χ0) is 44.4. The van der Waals surface area contributed by atoms with Crippen LogP contribution in [-0.4, -0.2) is 46.1 Å². The summed E-state index contributed by atoms with van der Waals surface area (Å²) in [7, 11) is 0. The highest BCUT2D eigenvalue weighted by Gasteiger charge is 2.26. The monoisotopic (exact) mass is 860 g/mol. The second-order valence-electron chi connectivity index (χ2n) is 19.1. The molecule has 61 heavy (non-hydrogen) atoms. The van der Waals surface area contributed by atoms with Gasteiger partial charge in [-0.25, -0.2) is 0 Å². The lowest BCUT2D eigenvalue weighted by Crippen LogP contribution is -2.50. The van der Waals surface area contributed by atoms with Crippen molar-refractivity contribution in [2.45, 2.75) is 321 Å². The summed E-state index contributed by atoms with van der Waals surface area (Å²) in [6.07, 6.45) is 64.9. The van der Waals surface area contributed by atoms with Crippen LogP contribution in [0.1, 0.15) is 303 Å². The van der Waals surface area contributed by atoms with E-state index in [9.17, 15) is 20.1 Å². The summed E-state index contributed by atoms with van der Waals surface area (Å²) in [5.74, 6) is -0.150. The first-order valence-electron chi connectivity index (χ1n) is 27.6. The molecule has 0 rings (SSSR count). The Morgan fingerprint density at radius 2 is 0.656 bits per heavy atom. The Morgan fingerprint density at radius 3 is 0.951 bits per heavy atom. The van der Waals surface area contributed by atoms with Gasteiger partial charge in [0.2, 0.25) is 5.91 Å². The maximum Gasteiger partial charge on any atom is 0.220 e. The van der Waals surface area contributed by atoms with Gasteiger partial charge in [0.25, 0.3) is 0 Å². The Balaban J connectivity index is 3.48. The molecule has 0 aromatic rings. The molecule has 3 atom stereocenters. The first-order chi connectivity index (χ1) is 30.1. The van der Waals surface area contributed by atoms with Crippen LogP contribution in [0.25, 0.3) is 0 Å². The van der Waals surface area contributed by atoms with Gasteiger partial charge in [0.05, 0.1) is 18.8 Å². The Labute approximate surface area is 382 Å². The molecule has 362 valence electrons. The maximum atomic E-state index is 12.5. The van der Waals surface area contributed by atoms with E-state index in [1.807, 2.05) is 0 Å². The van der Waals surface area contributed by atoms with Crippen LogP contribution in [0.15, 0.2) is 24.3 Å². The van der Waals surface area contributed by atoms with Gasteiger partial charge in [-0.3, -0.25) is 4.79 Å². The van der Waals surface area contributed by atoms with Crippen molar-refractivity contribution in [3.63, 3.8) is 0 Å². The molecule has 1 amide bonds. The Morgan fingerprint density at radius 1 is 0.393 bits per heavy atom. The van der Waals surface area contributed by atoms with E-state index < -0.39 is 18.2 Å². The zero-order valence-corrected chi connectivity index (χ0v) is 41.3. The fourth-order valence-electron chi connectivity index (χ4n) is 8.75. The third kappa shape index (κ3) is 46.6. The summed E-state index contributed by atoms with van der Waals surface area (Å²) < 4.78 is 0.